The number of ether oxygens (including phenoxy) is 1. The van der Waals surface area contributed by atoms with Crippen molar-refractivity contribution in [3.8, 4) is 0 Å². The van der Waals surface area contributed by atoms with Gasteiger partial charge in [-0.1, -0.05) is 24.3 Å². The van der Waals surface area contributed by atoms with Crippen molar-refractivity contribution in [1.82, 2.24) is 9.55 Å². The number of rotatable bonds is 7. The molecule has 0 N–H and O–H groups in total. The fourth-order valence-electron chi connectivity index (χ4n) is 4.21. The number of ketones is 1. The molecule has 0 bridgehead atoms. The lowest BCUT2D eigenvalue weighted by Gasteiger charge is -2.20. The molecular weight excluding hydrogens is 390 g/mol. The lowest BCUT2D eigenvalue weighted by molar-refractivity contribution is 0.0475. The van der Waals surface area contributed by atoms with Crippen molar-refractivity contribution in [2.45, 2.75) is 33.2 Å². The monoisotopic (exact) mass is 417 g/mol. The first-order valence-corrected chi connectivity index (χ1v) is 10.6. The maximum absolute atomic E-state index is 13.0. The van der Waals surface area contributed by atoms with Gasteiger partial charge in [0.25, 0.3) is 0 Å². The molecule has 0 aliphatic carbocycles. The fraction of sp³-hybridized carbons (Fsp3) is 0.320. The van der Waals surface area contributed by atoms with Crippen molar-refractivity contribution in [3.05, 3.63) is 71.6 Å². The van der Waals surface area contributed by atoms with Crippen LogP contribution in [0.15, 0.2) is 49.1 Å². The molecular formula is C25H27N3O3. The third-order valence-corrected chi connectivity index (χ3v) is 5.85. The molecule has 0 amide bonds. The molecule has 1 saturated heterocycles. The van der Waals surface area contributed by atoms with E-state index in [1.54, 1.807) is 6.08 Å². The number of hydrogen-bond acceptors (Lipinski definition) is 5. The molecule has 0 unspecified atom stereocenters. The Morgan fingerprint density at radius 1 is 1.13 bits per heavy atom. The van der Waals surface area contributed by atoms with Crippen LogP contribution in [0.4, 0.5) is 5.82 Å². The molecule has 0 atom stereocenters. The minimum atomic E-state index is -0.520. The van der Waals surface area contributed by atoms with Gasteiger partial charge in [-0.25, -0.2) is 9.78 Å². The number of carbonyl (C=O) groups excluding carboxylic acids is 2. The molecule has 4 rings (SSSR count). The van der Waals surface area contributed by atoms with E-state index in [9.17, 15) is 9.59 Å². The van der Waals surface area contributed by atoms with E-state index in [4.69, 9.17) is 9.72 Å². The van der Waals surface area contributed by atoms with Gasteiger partial charge in [-0.2, -0.15) is 0 Å². The molecule has 0 spiro atoms. The molecule has 1 fully saturated rings. The maximum atomic E-state index is 13.0. The second-order valence-corrected chi connectivity index (χ2v) is 7.93. The summed E-state index contributed by atoms with van der Waals surface area (Å²) in [5.41, 5.74) is 3.64. The van der Waals surface area contributed by atoms with Gasteiger partial charge in [0.1, 0.15) is 11.4 Å². The van der Waals surface area contributed by atoms with Gasteiger partial charge in [0.05, 0.1) is 5.52 Å². The molecule has 0 saturated carbocycles. The van der Waals surface area contributed by atoms with Crippen LogP contribution in [-0.4, -0.2) is 41.0 Å². The number of benzene rings is 1. The molecule has 3 heterocycles. The lowest BCUT2D eigenvalue weighted by Crippen LogP contribution is -2.23. The third-order valence-electron chi connectivity index (χ3n) is 5.85. The van der Waals surface area contributed by atoms with Gasteiger partial charge in [0.2, 0.25) is 5.78 Å². The van der Waals surface area contributed by atoms with Crippen LogP contribution < -0.4 is 4.90 Å². The zero-order valence-corrected chi connectivity index (χ0v) is 18.1. The molecule has 31 heavy (non-hydrogen) atoms. The number of pyridine rings is 1. The van der Waals surface area contributed by atoms with E-state index < -0.39 is 5.97 Å². The predicted octanol–water partition coefficient (Wildman–Crippen LogP) is 4.48. The van der Waals surface area contributed by atoms with Crippen LogP contribution in [0, 0.1) is 13.8 Å². The predicted molar refractivity (Wildman–Crippen MR) is 122 cm³/mol. The highest BCUT2D eigenvalue weighted by Crippen LogP contribution is 2.27. The number of fused-ring (bicyclic) bond motifs is 1. The summed E-state index contributed by atoms with van der Waals surface area (Å²) >= 11 is 0. The summed E-state index contributed by atoms with van der Waals surface area (Å²) in [6.45, 7) is 9.65. The summed E-state index contributed by atoms with van der Waals surface area (Å²) < 4.78 is 7.49. The van der Waals surface area contributed by atoms with Crippen LogP contribution in [-0.2, 0) is 11.3 Å². The molecule has 0 radical (unpaired) electrons. The Kier molecular flexibility index (Phi) is 5.89. The molecule has 6 heteroatoms. The van der Waals surface area contributed by atoms with Crippen molar-refractivity contribution in [2.24, 2.45) is 0 Å². The molecule has 3 aromatic rings. The zero-order chi connectivity index (χ0) is 22.0. The minimum absolute atomic E-state index is 0.215. The topological polar surface area (TPSA) is 64.4 Å². The second-order valence-electron chi connectivity index (χ2n) is 7.93. The van der Waals surface area contributed by atoms with E-state index in [-0.39, 0.29) is 12.4 Å². The maximum Gasteiger partial charge on any atom is 0.342 e. The van der Waals surface area contributed by atoms with Gasteiger partial charge < -0.3 is 14.2 Å². The van der Waals surface area contributed by atoms with Gasteiger partial charge in [-0.3, -0.25) is 4.79 Å². The molecule has 1 aromatic carbocycles. The summed E-state index contributed by atoms with van der Waals surface area (Å²) in [4.78, 5) is 32.6. The lowest BCUT2D eigenvalue weighted by atomic mass is 10.1. The number of nitrogens with zero attached hydrogens (tertiary/aromatic N) is 3. The molecule has 6 nitrogen and oxygen atoms in total. The van der Waals surface area contributed by atoms with Crippen LogP contribution in [0.25, 0.3) is 10.9 Å². The van der Waals surface area contributed by atoms with Gasteiger partial charge >= 0.3 is 5.97 Å². The number of para-hydroxylation sites is 1. The standard InChI is InChI=1S/C25H27N3O3/c1-4-11-28-17(2)14-20(18(28)3)23(29)16-31-25(30)21-15-19-9-5-6-10-22(19)26-24(21)27-12-7-8-13-27/h4-6,9-10,14-15H,1,7-8,11-13,16H2,2-3H3. The van der Waals surface area contributed by atoms with Crippen molar-refractivity contribution < 1.29 is 14.3 Å². The highest BCUT2D eigenvalue weighted by Gasteiger charge is 2.24. The second kappa shape index (κ2) is 8.76. The van der Waals surface area contributed by atoms with Crippen molar-refractivity contribution in [1.29, 1.82) is 0 Å². The summed E-state index contributed by atoms with van der Waals surface area (Å²) in [5, 5.41) is 0.872. The van der Waals surface area contributed by atoms with E-state index in [1.807, 2.05) is 54.8 Å². The first-order valence-electron chi connectivity index (χ1n) is 10.6. The van der Waals surface area contributed by atoms with Crippen molar-refractivity contribution in [2.75, 3.05) is 24.6 Å². The third kappa shape index (κ3) is 4.10. The number of allylic oxidation sites excluding steroid dienone is 1. The van der Waals surface area contributed by atoms with E-state index in [0.29, 0.717) is 23.5 Å². The number of hydrogen-bond donors (Lipinski definition) is 0. The van der Waals surface area contributed by atoms with Crippen molar-refractivity contribution in [3.63, 3.8) is 0 Å². The normalized spacial score (nSPS) is 13.5. The van der Waals surface area contributed by atoms with Crippen LogP contribution in [0.5, 0.6) is 0 Å². The number of aryl methyl sites for hydroxylation is 1. The molecule has 1 aliphatic heterocycles. The molecule has 160 valence electrons. The number of esters is 1. The summed E-state index contributed by atoms with van der Waals surface area (Å²) in [6.07, 6.45) is 3.94. The SMILES string of the molecule is C=CCn1c(C)cc(C(=O)COC(=O)c2cc3ccccc3nc2N2CCCC2)c1C. The Morgan fingerprint density at radius 3 is 2.61 bits per heavy atom. The van der Waals surface area contributed by atoms with Crippen LogP contribution in [0.3, 0.4) is 0 Å². The van der Waals surface area contributed by atoms with Crippen molar-refractivity contribution >= 4 is 28.5 Å². The highest BCUT2D eigenvalue weighted by atomic mass is 16.5. The first kappa shape index (κ1) is 20.8. The van der Waals surface area contributed by atoms with Crippen LogP contribution in [0.1, 0.15) is 44.9 Å². The van der Waals surface area contributed by atoms with Gasteiger partial charge in [0, 0.05) is 42.0 Å². The van der Waals surface area contributed by atoms with E-state index in [1.165, 1.54) is 0 Å². The fourth-order valence-corrected chi connectivity index (χ4v) is 4.21. The number of anilines is 1. The highest BCUT2D eigenvalue weighted by molar-refractivity contribution is 6.03. The van der Waals surface area contributed by atoms with E-state index >= 15 is 0 Å². The summed E-state index contributed by atoms with van der Waals surface area (Å²) in [7, 11) is 0. The first-order chi connectivity index (χ1) is 15.0. The van der Waals surface area contributed by atoms with Crippen LogP contribution >= 0.6 is 0 Å². The smallest absolute Gasteiger partial charge is 0.342 e. The van der Waals surface area contributed by atoms with Gasteiger partial charge in [0.15, 0.2) is 6.61 Å². The number of carbonyl (C=O) groups is 2. The molecule has 1 aliphatic rings. The van der Waals surface area contributed by atoms with E-state index in [2.05, 4.69) is 11.5 Å². The van der Waals surface area contributed by atoms with Gasteiger partial charge in [-0.05, 0) is 44.9 Å². The quantitative estimate of drug-likeness (QED) is 0.322. The average molecular weight is 418 g/mol. The van der Waals surface area contributed by atoms with E-state index in [0.717, 1.165) is 48.2 Å². The summed E-state index contributed by atoms with van der Waals surface area (Å²) in [6, 6.07) is 11.4. The molecule has 2 aromatic heterocycles. The number of Topliss-reactive ketones (excluding diaryl/α,β-unsaturated/α-hetero) is 1. The minimum Gasteiger partial charge on any atom is -0.454 e. The average Bonchev–Trinajstić information content (AvgIpc) is 3.41. The largest absolute Gasteiger partial charge is 0.454 e. The Morgan fingerprint density at radius 2 is 1.87 bits per heavy atom. The zero-order valence-electron chi connectivity index (χ0n) is 18.1. The number of aromatic nitrogens is 2. The Balaban J connectivity index is 1.57. The van der Waals surface area contributed by atoms with Crippen LogP contribution in [0.2, 0.25) is 0 Å². The Hall–Kier alpha value is -3.41. The van der Waals surface area contributed by atoms with Gasteiger partial charge in [-0.15, -0.1) is 6.58 Å². The Bertz CT molecular complexity index is 1160. The summed E-state index contributed by atoms with van der Waals surface area (Å²) in [5.74, 6) is -0.0977. The Labute approximate surface area is 182 Å².